The Hall–Kier alpha value is -1.33. The lowest BCUT2D eigenvalue weighted by Gasteiger charge is -2.10. The van der Waals surface area contributed by atoms with Crippen molar-refractivity contribution in [2.45, 2.75) is 51.5 Å². The molecule has 1 heterocycles. The summed E-state index contributed by atoms with van der Waals surface area (Å²) < 4.78 is 27.6. The van der Waals surface area contributed by atoms with Crippen molar-refractivity contribution in [3.8, 4) is 0 Å². The van der Waals surface area contributed by atoms with Gasteiger partial charge in [0.15, 0.2) is 0 Å². The maximum atomic E-state index is 12.5. The number of nitrogens with zero attached hydrogens (tertiary/aromatic N) is 1. The molecule has 0 atom stereocenters. The van der Waals surface area contributed by atoms with Crippen LogP contribution in [0.2, 0.25) is 5.02 Å². The second kappa shape index (κ2) is 6.65. The van der Waals surface area contributed by atoms with Crippen LogP contribution in [0.3, 0.4) is 0 Å². The molecular formula is C17H21ClN2O2S. The number of rotatable bonds is 2. The molecule has 1 aromatic carbocycles. The Balaban J connectivity index is 1.98. The van der Waals surface area contributed by atoms with Crippen molar-refractivity contribution < 1.29 is 8.42 Å². The second-order valence-electron chi connectivity index (χ2n) is 6.19. The fraction of sp³-hybridized carbons (Fsp3) is 0.471. The molecule has 0 saturated heterocycles. The third-order valence-electron chi connectivity index (χ3n) is 4.42. The van der Waals surface area contributed by atoms with Gasteiger partial charge in [0, 0.05) is 10.6 Å². The number of benzene rings is 1. The average Bonchev–Trinajstić information content (AvgIpc) is 2.67. The van der Waals surface area contributed by atoms with Crippen molar-refractivity contribution >= 4 is 32.4 Å². The number of nitrogens with one attached hydrogen (secondary N) is 1. The quantitative estimate of drug-likeness (QED) is 0.814. The van der Waals surface area contributed by atoms with E-state index in [4.69, 9.17) is 16.6 Å². The first-order valence-electron chi connectivity index (χ1n) is 8.05. The summed E-state index contributed by atoms with van der Waals surface area (Å²) in [5.74, 6) is 0.492. The minimum atomic E-state index is -3.57. The Morgan fingerprint density at radius 3 is 2.52 bits per heavy atom. The predicted molar refractivity (Wildman–Crippen MR) is 95.0 cm³/mol. The van der Waals surface area contributed by atoms with Gasteiger partial charge in [-0.15, -0.1) is 0 Å². The van der Waals surface area contributed by atoms with Crippen LogP contribution in [0.4, 0.5) is 0 Å². The van der Waals surface area contributed by atoms with Crippen LogP contribution in [0.1, 0.15) is 51.0 Å². The zero-order chi connectivity index (χ0) is 16.4. The first-order valence-corrected chi connectivity index (χ1v) is 9.91. The predicted octanol–water partition coefficient (Wildman–Crippen LogP) is 4.13. The topological polar surface area (TPSA) is 58.5 Å². The van der Waals surface area contributed by atoms with Crippen LogP contribution in [0.15, 0.2) is 34.8 Å². The Morgan fingerprint density at radius 1 is 1.17 bits per heavy atom. The molecule has 0 spiro atoms. The maximum absolute atomic E-state index is 12.5. The van der Waals surface area contributed by atoms with Gasteiger partial charge in [-0.3, -0.25) is 9.71 Å². The third-order valence-corrected chi connectivity index (χ3v) is 6.20. The molecule has 0 unspecified atom stereocenters. The SMILES string of the molecule is CC1=C(c2cccc(Cl)c2)S(=O)(=O)NC1=NC1CCCCCC1. The van der Waals surface area contributed by atoms with Crippen LogP contribution in [-0.4, -0.2) is 20.3 Å². The van der Waals surface area contributed by atoms with Gasteiger partial charge in [-0.2, -0.15) is 0 Å². The van der Waals surface area contributed by atoms with E-state index < -0.39 is 10.0 Å². The van der Waals surface area contributed by atoms with Crippen molar-refractivity contribution in [2.75, 3.05) is 0 Å². The van der Waals surface area contributed by atoms with Gasteiger partial charge in [0.05, 0.1) is 6.04 Å². The standard InChI is InChI=1S/C17H21ClN2O2S/c1-12-16(13-7-6-8-14(18)11-13)23(21,22)20-17(12)19-15-9-4-2-3-5-10-15/h6-8,11,15H,2-5,9-10H2,1H3,(H,19,20). The summed E-state index contributed by atoms with van der Waals surface area (Å²) in [5.41, 5.74) is 1.28. The van der Waals surface area contributed by atoms with E-state index in [1.54, 1.807) is 24.3 Å². The molecule has 1 aliphatic heterocycles. The van der Waals surface area contributed by atoms with E-state index in [-0.39, 0.29) is 10.9 Å². The van der Waals surface area contributed by atoms with E-state index in [1.807, 2.05) is 6.92 Å². The number of hydrogen-bond acceptors (Lipinski definition) is 3. The van der Waals surface area contributed by atoms with Gasteiger partial charge in [0.25, 0.3) is 10.0 Å². The highest BCUT2D eigenvalue weighted by molar-refractivity contribution is 8.00. The molecule has 6 heteroatoms. The number of aliphatic imine (C=N–C) groups is 1. The molecule has 23 heavy (non-hydrogen) atoms. The average molecular weight is 353 g/mol. The minimum Gasteiger partial charge on any atom is -0.264 e. The van der Waals surface area contributed by atoms with E-state index in [9.17, 15) is 8.42 Å². The molecule has 0 amide bonds. The van der Waals surface area contributed by atoms with Crippen LogP contribution >= 0.6 is 11.6 Å². The minimum absolute atomic E-state index is 0.212. The van der Waals surface area contributed by atoms with Crippen molar-refractivity contribution in [2.24, 2.45) is 4.99 Å². The molecule has 1 saturated carbocycles. The van der Waals surface area contributed by atoms with Crippen LogP contribution in [0.5, 0.6) is 0 Å². The molecule has 124 valence electrons. The van der Waals surface area contributed by atoms with Crippen molar-refractivity contribution in [1.82, 2.24) is 4.72 Å². The molecule has 3 rings (SSSR count). The highest BCUT2D eigenvalue weighted by Crippen LogP contribution is 2.32. The number of amidine groups is 1. The van der Waals surface area contributed by atoms with Crippen molar-refractivity contribution in [1.29, 1.82) is 0 Å². The molecule has 1 aromatic rings. The first kappa shape index (κ1) is 16.5. The summed E-state index contributed by atoms with van der Waals surface area (Å²) in [6.07, 6.45) is 6.89. The summed E-state index contributed by atoms with van der Waals surface area (Å²) in [5, 5.41) is 0.521. The summed E-state index contributed by atoms with van der Waals surface area (Å²) in [7, 11) is -3.57. The number of sulfonamides is 1. The van der Waals surface area contributed by atoms with Gasteiger partial charge in [-0.25, -0.2) is 8.42 Å². The van der Waals surface area contributed by atoms with Crippen LogP contribution in [0, 0.1) is 0 Å². The van der Waals surface area contributed by atoms with Gasteiger partial charge in [0.1, 0.15) is 10.7 Å². The third kappa shape index (κ3) is 3.61. The van der Waals surface area contributed by atoms with Gasteiger partial charge in [-0.05, 0) is 37.5 Å². The largest absolute Gasteiger partial charge is 0.264 e. The fourth-order valence-corrected chi connectivity index (χ4v) is 4.95. The fourth-order valence-electron chi connectivity index (χ4n) is 3.26. The molecule has 0 bridgehead atoms. The van der Waals surface area contributed by atoms with Crippen LogP contribution in [-0.2, 0) is 10.0 Å². The van der Waals surface area contributed by atoms with Gasteiger partial charge in [-0.1, -0.05) is 49.4 Å². The Bertz CT molecular complexity index is 761. The van der Waals surface area contributed by atoms with Gasteiger partial charge in [0.2, 0.25) is 0 Å². The Labute approximate surface area is 142 Å². The van der Waals surface area contributed by atoms with E-state index in [2.05, 4.69) is 4.72 Å². The van der Waals surface area contributed by atoms with E-state index in [0.29, 0.717) is 22.0 Å². The highest BCUT2D eigenvalue weighted by atomic mass is 35.5. The normalized spacial score (nSPS) is 23.8. The van der Waals surface area contributed by atoms with Crippen molar-refractivity contribution in [3.05, 3.63) is 40.4 Å². The number of halogens is 1. The molecule has 1 N–H and O–H groups in total. The van der Waals surface area contributed by atoms with Crippen LogP contribution in [0.25, 0.3) is 4.91 Å². The zero-order valence-corrected chi connectivity index (χ0v) is 14.8. The van der Waals surface area contributed by atoms with E-state index >= 15 is 0 Å². The number of hydrogen-bond donors (Lipinski definition) is 1. The second-order valence-corrected chi connectivity index (χ2v) is 8.25. The van der Waals surface area contributed by atoms with E-state index in [0.717, 1.165) is 25.7 Å². The lowest BCUT2D eigenvalue weighted by atomic mass is 10.1. The lowest BCUT2D eigenvalue weighted by molar-refractivity contribution is 0.583. The zero-order valence-electron chi connectivity index (χ0n) is 13.2. The molecular weight excluding hydrogens is 332 g/mol. The van der Waals surface area contributed by atoms with Crippen LogP contribution < -0.4 is 4.72 Å². The van der Waals surface area contributed by atoms with Gasteiger partial charge < -0.3 is 0 Å². The van der Waals surface area contributed by atoms with E-state index in [1.165, 1.54) is 12.8 Å². The van der Waals surface area contributed by atoms with Crippen molar-refractivity contribution in [3.63, 3.8) is 0 Å². The monoisotopic (exact) mass is 352 g/mol. The molecule has 4 nitrogen and oxygen atoms in total. The molecule has 0 radical (unpaired) electrons. The molecule has 1 aliphatic carbocycles. The summed E-state index contributed by atoms with van der Waals surface area (Å²) >= 11 is 6.01. The highest BCUT2D eigenvalue weighted by Gasteiger charge is 2.33. The summed E-state index contributed by atoms with van der Waals surface area (Å²) in [6, 6.07) is 7.14. The van der Waals surface area contributed by atoms with Gasteiger partial charge >= 0.3 is 0 Å². The smallest absolute Gasteiger partial charge is 0.264 e. The molecule has 0 aromatic heterocycles. The summed E-state index contributed by atoms with van der Waals surface area (Å²) in [4.78, 5) is 4.99. The Morgan fingerprint density at radius 2 is 1.87 bits per heavy atom. The molecule has 2 aliphatic rings. The first-order chi connectivity index (χ1) is 11.0. The maximum Gasteiger partial charge on any atom is 0.264 e. The lowest BCUT2D eigenvalue weighted by Crippen LogP contribution is -2.25. The Kier molecular flexibility index (Phi) is 4.78. The molecule has 1 fully saturated rings. The summed E-state index contributed by atoms with van der Waals surface area (Å²) in [6.45, 7) is 1.81.